The van der Waals surface area contributed by atoms with Gasteiger partial charge in [0, 0.05) is 30.0 Å². The van der Waals surface area contributed by atoms with Gasteiger partial charge in [0.05, 0.1) is 12.1 Å². The van der Waals surface area contributed by atoms with Crippen LogP contribution in [0.3, 0.4) is 0 Å². The second-order valence-corrected chi connectivity index (χ2v) is 7.61. The van der Waals surface area contributed by atoms with Crippen molar-refractivity contribution < 1.29 is 9.18 Å². The van der Waals surface area contributed by atoms with Crippen molar-refractivity contribution in [3.63, 3.8) is 0 Å². The molecule has 0 bridgehead atoms. The zero-order valence-electron chi connectivity index (χ0n) is 16.7. The zero-order valence-corrected chi connectivity index (χ0v) is 17.4. The smallest absolute Gasteiger partial charge is 0.257 e. The van der Waals surface area contributed by atoms with E-state index in [2.05, 4.69) is 11.5 Å². The van der Waals surface area contributed by atoms with Crippen LogP contribution >= 0.6 is 11.6 Å². The lowest BCUT2D eigenvalue weighted by Crippen LogP contribution is -2.33. The molecule has 0 atom stereocenters. The Kier molecular flexibility index (Phi) is 7.48. The lowest BCUT2D eigenvalue weighted by Gasteiger charge is -2.24. The lowest BCUT2D eigenvalue weighted by molar-refractivity contribution is 0.0731. The fourth-order valence-corrected chi connectivity index (χ4v) is 3.60. The summed E-state index contributed by atoms with van der Waals surface area (Å²) in [6.45, 7) is 3.83. The highest BCUT2D eigenvalue weighted by Gasteiger charge is 2.20. The van der Waals surface area contributed by atoms with E-state index >= 15 is 0 Å². The van der Waals surface area contributed by atoms with Gasteiger partial charge in [-0.05, 0) is 48.4 Å². The van der Waals surface area contributed by atoms with E-state index < -0.39 is 5.82 Å². The van der Waals surface area contributed by atoms with Gasteiger partial charge < -0.3 is 9.47 Å². The minimum absolute atomic E-state index is 0.122. The van der Waals surface area contributed by atoms with Crippen LogP contribution in [-0.2, 0) is 13.1 Å². The molecule has 0 fully saturated rings. The lowest BCUT2D eigenvalue weighted by atomic mass is 10.1. The van der Waals surface area contributed by atoms with Crippen LogP contribution in [0.15, 0.2) is 66.9 Å². The largest absolute Gasteiger partial charge is 0.345 e. The molecule has 0 aliphatic heterocycles. The molecule has 3 nitrogen and oxygen atoms in total. The summed E-state index contributed by atoms with van der Waals surface area (Å²) in [7, 11) is 0. The van der Waals surface area contributed by atoms with Gasteiger partial charge in [0.1, 0.15) is 5.82 Å². The highest BCUT2D eigenvalue weighted by molar-refractivity contribution is 6.30. The van der Waals surface area contributed by atoms with Crippen molar-refractivity contribution in [2.45, 2.75) is 39.3 Å². The van der Waals surface area contributed by atoms with Crippen molar-refractivity contribution in [2.24, 2.45) is 0 Å². The number of hydrogen-bond donors (Lipinski definition) is 0. The van der Waals surface area contributed by atoms with Crippen molar-refractivity contribution >= 4 is 17.5 Å². The summed E-state index contributed by atoms with van der Waals surface area (Å²) in [6.07, 6.45) is 4.98. The van der Waals surface area contributed by atoms with Crippen molar-refractivity contribution in [2.75, 3.05) is 6.54 Å². The maximum Gasteiger partial charge on any atom is 0.257 e. The van der Waals surface area contributed by atoms with Crippen LogP contribution in [0.2, 0.25) is 5.02 Å². The van der Waals surface area contributed by atoms with E-state index in [1.165, 1.54) is 6.07 Å². The van der Waals surface area contributed by atoms with E-state index in [9.17, 15) is 9.18 Å². The van der Waals surface area contributed by atoms with Gasteiger partial charge in [0.2, 0.25) is 0 Å². The minimum atomic E-state index is -0.479. The van der Waals surface area contributed by atoms with Crippen LogP contribution in [0, 0.1) is 5.82 Å². The first-order valence-corrected chi connectivity index (χ1v) is 10.4. The molecule has 3 rings (SSSR count). The van der Waals surface area contributed by atoms with Gasteiger partial charge in [-0.2, -0.15) is 0 Å². The van der Waals surface area contributed by atoms with Crippen LogP contribution in [0.5, 0.6) is 0 Å². The number of rotatable bonds is 9. The molecular formula is C24H26ClFN2O. The molecule has 0 N–H and O–H groups in total. The van der Waals surface area contributed by atoms with Crippen LogP contribution < -0.4 is 0 Å². The first-order valence-electron chi connectivity index (χ1n) is 10.0. The molecule has 0 aliphatic carbocycles. The van der Waals surface area contributed by atoms with Gasteiger partial charge in [0.25, 0.3) is 5.91 Å². The van der Waals surface area contributed by atoms with E-state index in [4.69, 9.17) is 11.6 Å². The summed E-state index contributed by atoms with van der Waals surface area (Å²) in [6, 6.07) is 17.9. The van der Waals surface area contributed by atoms with E-state index in [-0.39, 0.29) is 11.5 Å². The van der Waals surface area contributed by atoms with Crippen molar-refractivity contribution in [1.82, 2.24) is 9.47 Å². The summed E-state index contributed by atoms with van der Waals surface area (Å²) in [5, 5.41) is 0.701. The second kappa shape index (κ2) is 10.3. The summed E-state index contributed by atoms with van der Waals surface area (Å²) in [5.41, 5.74) is 2.22. The highest BCUT2D eigenvalue weighted by atomic mass is 35.5. The Bertz CT molecular complexity index is 953. The highest BCUT2D eigenvalue weighted by Crippen LogP contribution is 2.17. The van der Waals surface area contributed by atoms with E-state index in [0.29, 0.717) is 24.7 Å². The Morgan fingerprint density at radius 1 is 1.07 bits per heavy atom. The number of unbranched alkanes of at least 4 members (excludes halogenated alkanes) is 2. The normalized spacial score (nSPS) is 10.9. The van der Waals surface area contributed by atoms with Crippen molar-refractivity contribution in [1.29, 1.82) is 0 Å². The Labute approximate surface area is 176 Å². The average Bonchev–Trinajstić information content (AvgIpc) is 3.14. The molecule has 5 heteroatoms. The summed E-state index contributed by atoms with van der Waals surface area (Å²) in [4.78, 5) is 14.8. The SMILES string of the molecule is CCCCCN(Cc1cccn1Cc1cccc(Cl)c1)C(=O)c1ccccc1F. The number of hydrogen-bond acceptors (Lipinski definition) is 1. The van der Waals surface area contributed by atoms with Crippen LogP contribution in [0.4, 0.5) is 4.39 Å². The van der Waals surface area contributed by atoms with E-state index in [0.717, 1.165) is 30.5 Å². The Morgan fingerprint density at radius 2 is 1.90 bits per heavy atom. The molecule has 0 aliphatic rings. The predicted molar refractivity (Wildman–Crippen MR) is 116 cm³/mol. The maximum absolute atomic E-state index is 14.2. The molecule has 29 heavy (non-hydrogen) atoms. The number of nitrogens with zero attached hydrogens (tertiary/aromatic N) is 2. The number of halogens is 2. The Morgan fingerprint density at radius 3 is 2.66 bits per heavy atom. The predicted octanol–water partition coefficient (Wildman–Crippen LogP) is 6.16. The summed E-state index contributed by atoms with van der Waals surface area (Å²) in [5.74, 6) is -0.748. The number of carbonyl (C=O) groups excluding carboxylic acids is 1. The van der Waals surface area contributed by atoms with Gasteiger partial charge in [-0.25, -0.2) is 4.39 Å². The first-order chi connectivity index (χ1) is 14.1. The van der Waals surface area contributed by atoms with Crippen LogP contribution in [-0.4, -0.2) is 21.9 Å². The molecule has 1 aromatic heterocycles. The molecule has 152 valence electrons. The van der Waals surface area contributed by atoms with E-state index in [1.807, 2.05) is 42.6 Å². The quantitative estimate of drug-likeness (QED) is 0.386. The molecule has 1 amide bonds. The standard InChI is InChI=1S/C24H26ClFN2O/c1-2-3-6-14-28(24(29)22-12-4-5-13-23(22)26)18-21-11-8-15-27(21)17-19-9-7-10-20(25)16-19/h4-5,7-13,15-16H,2-3,6,14,17-18H2,1H3. The minimum Gasteiger partial charge on any atom is -0.345 e. The molecule has 0 saturated heterocycles. The van der Waals surface area contributed by atoms with Gasteiger partial charge >= 0.3 is 0 Å². The van der Waals surface area contributed by atoms with Crippen LogP contribution in [0.1, 0.15) is 47.8 Å². The number of amides is 1. The fraction of sp³-hybridized carbons (Fsp3) is 0.292. The summed E-state index contributed by atoms with van der Waals surface area (Å²) < 4.78 is 16.3. The van der Waals surface area contributed by atoms with Gasteiger partial charge in [-0.15, -0.1) is 0 Å². The molecule has 1 heterocycles. The third-order valence-electron chi connectivity index (χ3n) is 4.94. The topological polar surface area (TPSA) is 25.2 Å². The Balaban J connectivity index is 1.80. The average molecular weight is 413 g/mol. The molecule has 0 saturated carbocycles. The van der Waals surface area contributed by atoms with Crippen molar-refractivity contribution in [3.8, 4) is 0 Å². The third-order valence-corrected chi connectivity index (χ3v) is 5.18. The molecule has 0 unspecified atom stereocenters. The monoisotopic (exact) mass is 412 g/mol. The van der Waals surface area contributed by atoms with Gasteiger partial charge in [-0.3, -0.25) is 4.79 Å². The molecule has 2 aromatic carbocycles. The first kappa shape index (κ1) is 21.1. The fourth-order valence-electron chi connectivity index (χ4n) is 3.38. The Hall–Kier alpha value is -2.59. The van der Waals surface area contributed by atoms with E-state index in [1.54, 1.807) is 23.1 Å². The summed E-state index contributed by atoms with van der Waals surface area (Å²) >= 11 is 6.11. The van der Waals surface area contributed by atoms with Crippen LogP contribution in [0.25, 0.3) is 0 Å². The van der Waals surface area contributed by atoms with Gasteiger partial charge in [0.15, 0.2) is 0 Å². The number of benzene rings is 2. The molecule has 3 aromatic rings. The molecule has 0 radical (unpaired) electrons. The van der Waals surface area contributed by atoms with Crippen molar-refractivity contribution in [3.05, 3.63) is 94.5 Å². The second-order valence-electron chi connectivity index (χ2n) is 7.17. The number of aromatic nitrogens is 1. The maximum atomic E-state index is 14.2. The number of carbonyl (C=O) groups is 1. The molecular weight excluding hydrogens is 387 g/mol. The molecule has 0 spiro atoms. The third kappa shape index (κ3) is 5.70. The van der Waals surface area contributed by atoms with Gasteiger partial charge in [-0.1, -0.05) is 55.6 Å². The zero-order chi connectivity index (χ0) is 20.6.